The summed E-state index contributed by atoms with van der Waals surface area (Å²) in [5, 5.41) is 5.97. The zero-order valence-electron chi connectivity index (χ0n) is 18.5. The highest BCUT2D eigenvalue weighted by Gasteiger charge is 2.39. The smallest absolute Gasteiger partial charge is 0.257 e. The van der Waals surface area contributed by atoms with Crippen LogP contribution in [0.5, 0.6) is 5.75 Å². The number of anilines is 1. The zero-order valence-corrected chi connectivity index (χ0v) is 18.5. The normalized spacial score (nSPS) is 27.7. The predicted molar refractivity (Wildman–Crippen MR) is 117 cm³/mol. The Balaban J connectivity index is 1.25. The lowest BCUT2D eigenvalue weighted by atomic mass is 9.92. The Labute approximate surface area is 188 Å². The minimum atomic E-state index is -0.290. The summed E-state index contributed by atoms with van der Waals surface area (Å²) in [6.07, 6.45) is 6.53. The number of rotatable bonds is 5. The molecule has 5 rings (SSSR count). The van der Waals surface area contributed by atoms with Crippen molar-refractivity contribution in [1.82, 2.24) is 10.2 Å². The number of fused-ring (bicyclic) bond motifs is 2. The quantitative estimate of drug-likeness (QED) is 0.732. The van der Waals surface area contributed by atoms with Crippen LogP contribution >= 0.6 is 0 Å². The molecule has 0 radical (unpaired) electrons. The van der Waals surface area contributed by atoms with E-state index < -0.39 is 0 Å². The topological polar surface area (TPSA) is 97.0 Å². The van der Waals surface area contributed by atoms with E-state index >= 15 is 0 Å². The van der Waals surface area contributed by atoms with Gasteiger partial charge in [-0.15, -0.1) is 0 Å². The number of carbonyl (C=O) groups excluding carboxylic acids is 3. The largest absolute Gasteiger partial charge is 0.490 e. The van der Waals surface area contributed by atoms with Crippen molar-refractivity contribution < 1.29 is 23.9 Å². The van der Waals surface area contributed by atoms with Gasteiger partial charge >= 0.3 is 0 Å². The van der Waals surface area contributed by atoms with Gasteiger partial charge in [0.25, 0.3) is 5.91 Å². The maximum absolute atomic E-state index is 13.3. The van der Waals surface area contributed by atoms with Crippen LogP contribution in [0.3, 0.4) is 0 Å². The van der Waals surface area contributed by atoms with Gasteiger partial charge < -0.3 is 25.0 Å². The number of nitrogens with zero attached hydrogens (tertiary/aromatic N) is 1. The van der Waals surface area contributed by atoms with Crippen LogP contribution < -0.4 is 15.4 Å². The molecule has 2 saturated carbocycles. The molecule has 2 aliphatic carbocycles. The lowest BCUT2D eigenvalue weighted by molar-refractivity contribution is -0.135. The molecule has 0 aromatic heterocycles. The number of hydrogen-bond donors (Lipinski definition) is 2. The molecule has 8 heteroatoms. The van der Waals surface area contributed by atoms with E-state index in [4.69, 9.17) is 9.47 Å². The average molecular weight is 442 g/mol. The van der Waals surface area contributed by atoms with E-state index in [0.717, 1.165) is 38.5 Å². The highest BCUT2D eigenvalue weighted by atomic mass is 16.5. The molecule has 1 saturated heterocycles. The first-order valence-electron chi connectivity index (χ1n) is 11.8. The number of amides is 3. The molecule has 1 aromatic carbocycles. The first-order valence-corrected chi connectivity index (χ1v) is 11.8. The summed E-state index contributed by atoms with van der Waals surface area (Å²) in [7, 11) is 1.79. The van der Waals surface area contributed by atoms with Gasteiger partial charge in [0.1, 0.15) is 18.5 Å². The fourth-order valence-corrected chi connectivity index (χ4v) is 4.74. The van der Waals surface area contributed by atoms with Crippen LogP contribution in [-0.2, 0) is 14.3 Å². The molecule has 4 aliphatic rings. The molecule has 3 fully saturated rings. The number of ether oxygens (including phenoxy) is 2. The van der Waals surface area contributed by atoms with E-state index in [1.54, 1.807) is 30.1 Å². The fraction of sp³-hybridized carbons (Fsp3) is 0.625. The molecule has 8 nitrogen and oxygen atoms in total. The van der Waals surface area contributed by atoms with Crippen molar-refractivity contribution in [2.24, 2.45) is 5.92 Å². The van der Waals surface area contributed by atoms with Crippen molar-refractivity contribution in [3.63, 3.8) is 0 Å². The molecule has 2 heterocycles. The van der Waals surface area contributed by atoms with Crippen molar-refractivity contribution in [2.45, 2.75) is 75.7 Å². The molecular formula is C24H31N3O5. The van der Waals surface area contributed by atoms with Gasteiger partial charge in [-0.3, -0.25) is 14.4 Å². The van der Waals surface area contributed by atoms with Crippen LogP contribution in [0.15, 0.2) is 18.2 Å². The van der Waals surface area contributed by atoms with Crippen molar-refractivity contribution in [3.05, 3.63) is 23.8 Å². The molecular weight excluding hydrogens is 410 g/mol. The minimum absolute atomic E-state index is 0.00523. The second kappa shape index (κ2) is 8.73. The van der Waals surface area contributed by atoms with E-state index in [1.807, 2.05) is 0 Å². The van der Waals surface area contributed by atoms with Gasteiger partial charge in [-0.1, -0.05) is 0 Å². The monoisotopic (exact) mass is 441 g/mol. The maximum atomic E-state index is 13.3. The number of benzene rings is 1. The summed E-state index contributed by atoms with van der Waals surface area (Å²) in [5.41, 5.74) is 1.06. The molecule has 3 amide bonds. The molecule has 172 valence electrons. The second-order valence-corrected chi connectivity index (χ2v) is 9.54. The van der Waals surface area contributed by atoms with Gasteiger partial charge in [-0.2, -0.15) is 0 Å². The fourth-order valence-electron chi connectivity index (χ4n) is 4.74. The summed E-state index contributed by atoms with van der Waals surface area (Å²) in [6.45, 7) is 0.309. The van der Waals surface area contributed by atoms with E-state index in [1.165, 1.54) is 6.42 Å². The van der Waals surface area contributed by atoms with Crippen LogP contribution in [-0.4, -0.2) is 60.6 Å². The number of nitrogens with one attached hydrogen (secondary N) is 2. The third-order valence-electron chi connectivity index (χ3n) is 7.11. The highest BCUT2D eigenvalue weighted by Crippen LogP contribution is 2.34. The summed E-state index contributed by atoms with van der Waals surface area (Å²) < 4.78 is 12.2. The average Bonchev–Trinajstić information content (AvgIpc) is 3.59. The third-order valence-corrected chi connectivity index (χ3v) is 7.11. The molecule has 2 aliphatic heterocycles. The van der Waals surface area contributed by atoms with Crippen LogP contribution in [0.25, 0.3) is 0 Å². The number of likely N-dealkylation sites (N-methyl/N-ethyl adjacent to an activating group) is 1. The summed E-state index contributed by atoms with van der Waals surface area (Å²) in [5.74, 6) is 0.474. The van der Waals surface area contributed by atoms with Crippen molar-refractivity contribution >= 4 is 23.4 Å². The van der Waals surface area contributed by atoms with E-state index in [0.29, 0.717) is 36.1 Å². The van der Waals surface area contributed by atoms with E-state index in [2.05, 4.69) is 10.6 Å². The Hall–Kier alpha value is -2.61. The van der Waals surface area contributed by atoms with Gasteiger partial charge in [0, 0.05) is 24.7 Å². The maximum Gasteiger partial charge on any atom is 0.257 e. The van der Waals surface area contributed by atoms with E-state index in [-0.39, 0.29) is 41.9 Å². The highest BCUT2D eigenvalue weighted by molar-refractivity contribution is 6.00. The SMILES string of the molecule is CN1C(=O)c2cc(NC(=O)C3CC3)ccc2OC[C@H]2O[C@@H](CC(=O)NC3CCC3)CC[C@@H]21. The molecule has 1 aromatic rings. The number of hydrogen-bond acceptors (Lipinski definition) is 5. The molecule has 0 bridgehead atoms. The standard InChI is InChI=1S/C24H31N3O5/c1-27-19-9-8-17(12-22(28)25-15-3-2-4-15)32-21(19)13-31-20-10-7-16(11-18(20)24(27)30)26-23(29)14-5-6-14/h7,10-11,14-15,17,19,21H,2-6,8-9,12-13H2,1H3,(H,25,28)(H,26,29)/t17-,19+,21-/m1/s1. The minimum Gasteiger partial charge on any atom is -0.490 e. The Morgan fingerprint density at radius 1 is 1.12 bits per heavy atom. The lowest BCUT2D eigenvalue weighted by Gasteiger charge is -2.42. The molecule has 3 atom stereocenters. The summed E-state index contributed by atoms with van der Waals surface area (Å²) in [4.78, 5) is 39.4. The van der Waals surface area contributed by atoms with Crippen molar-refractivity contribution in [2.75, 3.05) is 19.0 Å². The zero-order chi connectivity index (χ0) is 22.2. The summed E-state index contributed by atoms with van der Waals surface area (Å²) >= 11 is 0. The summed E-state index contributed by atoms with van der Waals surface area (Å²) in [6, 6.07) is 5.40. The van der Waals surface area contributed by atoms with Gasteiger partial charge in [0.2, 0.25) is 11.8 Å². The first-order chi connectivity index (χ1) is 15.5. The van der Waals surface area contributed by atoms with Crippen LogP contribution in [0, 0.1) is 5.92 Å². The Bertz CT molecular complexity index is 911. The Morgan fingerprint density at radius 3 is 2.66 bits per heavy atom. The van der Waals surface area contributed by atoms with Crippen LogP contribution in [0.2, 0.25) is 0 Å². The lowest BCUT2D eigenvalue weighted by Crippen LogP contribution is -2.54. The van der Waals surface area contributed by atoms with Crippen LogP contribution in [0.1, 0.15) is 61.7 Å². The van der Waals surface area contributed by atoms with E-state index in [9.17, 15) is 14.4 Å². The van der Waals surface area contributed by atoms with Crippen LogP contribution in [0.4, 0.5) is 5.69 Å². The second-order valence-electron chi connectivity index (χ2n) is 9.54. The van der Waals surface area contributed by atoms with Gasteiger partial charge in [-0.05, 0) is 63.1 Å². The Kier molecular flexibility index (Phi) is 5.80. The Morgan fingerprint density at radius 2 is 1.94 bits per heavy atom. The third kappa shape index (κ3) is 4.46. The van der Waals surface area contributed by atoms with Gasteiger partial charge in [-0.25, -0.2) is 0 Å². The van der Waals surface area contributed by atoms with Gasteiger partial charge in [0.05, 0.1) is 24.1 Å². The molecule has 0 unspecified atom stereocenters. The molecule has 32 heavy (non-hydrogen) atoms. The van der Waals surface area contributed by atoms with Crippen molar-refractivity contribution in [1.29, 1.82) is 0 Å². The predicted octanol–water partition coefficient (Wildman–Crippen LogP) is 2.47. The molecule has 0 spiro atoms. The first kappa shape index (κ1) is 21.2. The van der Waals surface area contributed by atoms with Gasteiger partial charge in [0.15, 0.2) is 0 Å². The number of carbonyl (C=O) groups is 3. The van der Waals surface area contributed by atoms with Crippen molar-refractivity contribution in [3.8, 4) is 5.75 Å². The molecule has 2 N–H and O–H groups in total.